The second kappa shape index (κ2) is 17.0. The molecule has 6 aliphatic rings. The van der Waals surface area contributed by atoms with Gasteiger partial charge in [0.1, 0.15) is 30.3 Å². The highest BCUT2D eigenvalue weighted by atomic mass is 35.5. The number of anilines is 1. The second-order valence-corrected chi connectivity index (χ2v) is 15.9. The van der Waals surface area contributed by atoms with Crippen molar-refractivity contribution in [3.63, 3.8) is 0 Å². The first-order valence-corrected chi connectivity index (χ1v) is 19.5. The summed E-state index contributed by atoms with van der Waals surface area (Å²) in [5.41, 5.74) is 4.34. The molecule has 16 nitrogen and oxygen atoms in total. The molecule has 2 unspecified atom stereocenters. The van der Waals surface area contributed by atoms with Crippen molar-refractivity contribution in [2.45, 2.75) is 80.9 Å². The van der Waals surface area contributed by atoms with Crippen molar-refractivity contribution in [2.24, 2.45) is 5.73 Å². The molecule has 2 aromatic carbocycles. The molecule has 2 aromatic rings. The molecule has 4 heterocycles. The molecule has 6 N–H and O–H groups in total. The zero-order valence-corrected chi connectivity index (χ0v) is 34.6. The van der Waals surface area contributed by atoms with Crippen LogP contribution in [0.1, 0.15) is 47.8 Å². The Hall–Kier alpha value is -5.66. The minimum atomic E-state index is -1.77. The van der Waals surface area contributed by atoms with Crippen molar-refractivity contribution < 1.29 is 62.9 Å². The highest BCUT2D eigenvalue weighted by Gasteiger charge is 2.55. The number of carbonyl (C=O) groups excluding carboxylic acids is 3. The Balaban J connectivity index is 1.35. The predicted octanol–water partition coefficient (Wildman–Crippen LogP) is 2.59. The number of hydrogen-bond acceptors (Lipinski definition) is 15. The highest BCUT2D eigenvalue weighted by Crippen LogP contribution is 2.43. The number of aliphatic hydroxyl groups excluding tert-OH is 3. The number of nitrogens with one attached hydrogen (secondary N) is 1. The van der Waals surface area contributed by atoms with Crippen LogP contribution in [0.3, 0.4) is 0 Å². The number of likely N-dealkylation sites (N-methyl/N-ethyl adjacent to an activating group) is 1. The highest BCUT2D eigenvalue weighted by molar-refractivity contribution is 6.32. The van der Waals surface area contributed by atoms with Crippen LogP contribution in [0.5, 0.6) is 17.2 Å². The van der Waals surface area contributed by atoms with Gasteiger partial charge in [0.25, 0.3) is 5.91 Å². The number of benzene rings is 2. The maximum Gasteiger partial charge on any atom is 0.341 e. The number of rotatable bonds is 7. The number of hydrogen-bond donors (Lipinski definition) is 5. The summed E-state index contributed by atoms with van der Waals surface area (Å²) in [4.78, 5) is 41.7. The average molecular weight is 858 g/mol. The quantitative estimate of drug-likeness (QED) is 0.154. The van der Waals surface area contributed by atoms with Crippen LogP contribution in [0, 0.1) is 23.7 Å². The molecule has 8 rings (SSSR count). The molecule has 17 heteroatoms. The lowest BCUT2D eigenvalue weighted by atomic mass is 9.85. The molecule has 1 fully saturated rings. The van der Waals surface area contributed by atoms with Crippen LogP contribution < -0.4 is 25.3 Å². The van der Waals surface area contributed by atoms with Gasteiger partial charge in [-0.1, -0.05) is 42.0 Å². The van der Waals surface area contributed by atoms with Crippen LogP contribution in [0.4, 0.5) is 5.69 Å². The molecule has 4 aliphatic heterocycles. The van der Waals surface area contributed by atoms with E-state index in [9.17, 15) is 29.7 Å². The van der Waals surface area contributed by atoms with E-state index >= 15 is 0 Å². The topological polar surface area (TPSA) is 218 Å². The van der Waals surface area contributed by atoms with Gasteiger partial charge in [0.05, 0.1) is 53.6 Å². The van der Waals surface area contributed by atoms with E-state index in [1.165, 1.54) is 37.5 Å². The normalized spacial score (nSPS) is 28.8. The van der Waals surface area contributed by atoms with E-state index in [1.54, 1.807) is 51.1 Å². The molecule has 0 spiro atoms. The lowest BCUT2D eigenvalue weighted by molar-refractivity contribution is -0.329. The zero-order chi connectivity index (χ0) is 44.0. The minimum absolute atomic E-state index is 0.0123. The average Bonchev–Trinajstić information content (AvgIpc) is 3.63. The second-order valence-electron chi connectivity index (χ2n) is 15.5. The number of fused-ring (bicyclic) bond motifs is 9. The molecule has 0 radical (unpaired) electrons. The number of amides is 1. The van der Waals surface area contributed by atoms with E-state index in [-0.39, 0.29) is 62.4 Å². The lowest BCUT2D eigenvalue weighted by Gasteiger charge is -2.51. The van der Waals surface area contributed by atoms with Crippen LogP contribution in [-0.4, -0.2) is 114 Å². The third-order valence-corrected chi connectivity index (χ3v) is 11.0. The van der Waals surface area contributed by atoms with Gasteiger partial charge in [0.2, 0.25) is 0 Å². The van der Waals surface area contributed by atoms with Crippen molar-refractivity contribution in [3.8, 4) is 40.9 Å². The Labute approximate surface area is 356 Å². The van der Waals surface area contributed by atoms with Crippen molar-refractivity contribution in [1.29, 1.82) is 0 Å². The molecule has 0 saturated carbocycles. The summed E-state index contributed by atoms with van der Waals surface area (Å²) >= 11 is 6.83. The molecule has 8 atom stereocenters. The summed E-state index contributed by atoms with van der Waals surface area (Å²) in [6, 6.07) is 4.21. The van der Waals surface area contributed by atoms with E-state index in [0.717, 1.165) is 0 Å². The SMILES string of the molecule is C=C1Oc2cc(OC)cc(C(=O)OC3COC(=O)C[C@H](N)c4cc(Cl)c(c(CO)c4)O[C@@H]4C#CC=C3C#CC3=CC=CC34O[C@@H]3OC(C)(C)[C@@H](N(C)C)[C@@H](O)[C@H]3O)c2NC1=O. The smallest absolute Gasteiger partial charge is 0.341 e. The monoisotopic (exact) mass is 857 g/mol. The molecular weight excluding hydrogens is 814 g/mol. The Morgan fingerprint density at radius 2 is 1.92 bits per heavy atom. The largest absolute Gasteiger partial charge is 0.497 e. The third kappa shape index (κ3) is 8.37. The van der Waals surface area contributed by atoms with Crippen molar-refractivity contribution in [2.75, 3.05) is 33.1 Å². The number of nitrogens with zero attached hydrogens (tertiary/aromatic N) is 1. The van der Waals surface area contributed by atoms with Gasteiger partial charge in [-0.25, -0.2) is 4.79 Å². The van der Waals surface area contributed by atoms with E-state index in [2.05, 4.69) is 35.6 Å². The first-order valence-electron chi connectivity index (χ1n) is 19.1. The summed E-state index contributed by atoms with van der Waals surface area (Å²) in [7, 11) is 4.89. The summed E-state index contributed by atoms with van der Waals surface area (Å²) in [5, 5.41) is 36.1. The number of ether oxygens (including phenoxy) is 7. The number of halogens is 1. The number of carbonyl (C=O) groups is 3. The summed E-state index contributed by atoms with van der Waals surface area (Å²) in [5.74, 6) is 9.68. The van der Waals surface area contributed by atoms with Gasteiger partial charge in [-0.3, -0.25) is 9.59 Å². The van der Waals surface area contributed by atoms with Crippen LogP contribution in [-0.2, 0) is 35.1 Å². The Morgan fingerprint density at radius 3 is 2.64 bits per heavy atom. The first-order chi connectivity index (χ1) is 29.0. The van der Waals surface area contributed by atoms with Gasteiger partial charge in [0, 0.05) is 29.3 Å². The molecule has 1 saturated heterocycles. The van der Waals surface area contributed by atoms with E-state index < -0.39 is 85.1 Å². The zero-order valence-electron chi connectivity index (χ0n) is 33.8. The van der Waals surface area contributed by atoms with Gasteiger partial charge >= 0.3 is 11.9 Å². The molecular formula is C44H44ClN3O13. The summed E-state index contributed by atoms with van der Waals surface area (Å²) in [6.07, 6.45) is -1.25. The molecule has 4 bridgehead atoms. The molecule has 320 valence electrons. The Kier molecular flexibility index (Phi) is 12.1. The fraction of sp³-hybridized carbons (Fsp3) is 0.386. The summed E-state index contributed by atoms with van der Waals surface area (Å²) < 4.78 is 42.3. The Morgan fingerprint density at radius 1 is 1.15 bits per heavy atom. The van der Waals surface area contributed by atoms with E-state index in [0.29, 0.717) is 5.56 Å². The van der Waals surface area contributed by atoms with Crippen LogP contribution in [0.2, 0.25) is 5.02 Å². The van der Waals surface area contributed by atoms with E-state index in [4.69, 9.17) is 50.5 Å². The number of esters is 2. The van der Waals surface area contributed by atoms with Crippen LogP contribution in [0.25, 0.3) is 0 Å². The number of allylic oxidation sites excluding steroid dienone is 3. The van der Waals surface area contributed by atoms with Crippen molar-refractivity contribution in [3.05, 3.63) is 93.8 Å². The third-order valence-electron chi connectivity index (χ3n) is 10.8. The number of aliphatic hydroxyl groups is 3. The van der Waals surface area contributed by atoms with Gasteiger partial charge < -0.3 is 64.4 Å². The fourth-order valence-corrected chi connectivity index (χ4v) is 8.11. The van der Waals surface area contributed by atoms with Crippen LogP contribution in [0.15, 0.2) is 72.1 Å². The molecule has 1 amide bonds. The Bertz CT molecular complexity index is 2400. The van der Waals surface area contributed by atoms with Gasteiger partial charge in [-0.15, -0.1) is 0 Å². The van der Waals surface area contributed by atoms with Crippen molar-refractivity contribution in [1.82, 2.24) is 4.90 Å². The molecule has 0 aromatic heterocycles. The number of nitrogens with two attached hydrogens (primary N) is 1. The van der Waals surface area contributed by atoms with Gasteiger partial charge in [-0.05, 0) is 69.8 Å². The fourth-order valence-electron chi connectivity index (χ4n) is 7.82. The van der Waals surface area contributed by atoms with Gasteiger partial charge in [-0.2, -0.15) is 0 Å². The number of methoxy groups -OCH3 is 1. The summed E-state index contributed by atoms with van der Waals surface area (Å²) in [6.45, 7) is 5.98. The first kappa shape index (κ1) is 43.4. The predicted molar refractivity (Wildman–Crippen MR) is 218 cm³/mol. The standard InChI is InChI=1S/C44H44ClN3O13/c1-22-40(53)47-35-28(17-27(55-6)18-31(35)57-22)41(54)58-32-21-56-34(50)19-30(46)24-15-25(20-49)38(29(45)16-24)59-33-11-7-9-23(32)12-13-26-10-8-14-44(26,33)61-42-37(52)36(51)39(48(4)5)43(2,3)60-42/h8-10,14-18,30,32-33,36-37,39,42,49,51-52H,1,19-21,46H2,2-6H3,(H,47,53)/t30-,32?,33+,36-,37+,39-,42-,44?/m0/s1. The maximum atomic E-state index is 14.1. The minimum Gasteiger partial charge on any atom is -0.497 e. The van der Waals surface area contributed by atoms with E-state index in [1.807, 2.05) is 0 Å². The van der Waals surface area contributed by atoms with Crippen LogP contribution >= 0.6 is 11.6 Å². The molecule has 2 aliphatic carbocycles. The lowest BCUT2D eigenvalue weighted by Crippen LogP contribution is -2.68. The molecule has 61 heavy (non-hydrogen) atoms. The van der Waals surface area contributed by atoms with Gasteiger partial charge in [0.15, 0.2) is 35.6 Å². The maximum absolute atomic E-state index is 14.1. The van der Waals surface area contributed by atoms with Crippen molar-refractivity contribution >= 4 is 35.1 Å².